The van der Waals surface area contributed by atoms with Crippen molar-refractivity contribution in [1.29, 1.82) is 0 Å². The largest absolute Gasteiger partial charge is 0.497 e. The molecule has 1 aliphatic rings. The van der Waals surface area contributed by atoms with Gasteiger partial charge in [-0.3, -0.25) is 9.59 Å². The molecule has 0 bridgehead atoms. The number of methoxy groups -OCH3 is 1. The Morgan fingerprint density at radius 2 is 1.87 bits per heavy atom. The second-order valence-electron chi connectivity index (χ2n) is 7.04. The lowest BCUT2D eigenvalue weighted by Crippen LogP contribution is -2.49. The fourth-order valence-corrected chi connectivity index (χ4v) is 5.83. The van der Waals surface area contributed by atoms with Crippen molar-refractivity contribution in [1.82, 2.24) is 9.88 Å². The molecule has 0 saturated carbocycles. The van der Waals surface area contributed by atoms with Crippen LogP contribution in [0.5, 0.6) is 5.75 Å². The van der Waals surface area contributed by atoms with E-state index >= 15 is 0 Å². The molecule has 0 atom stereocenters. The molecule has 0 radical (unpaired) electrons. The molecule has 3 heterocycles. The lowest BCUT2D eigenvalue weighted by atomic mass is 10.2. The fraction of sp³-hybridized carbons (Fsp3) is 0.318. The van der Waals surface area contributed by atoms with Crippen LogP contribution in [0.15, 0.2) is 51.5 Å². The molecule has 162 valence electrons. The highest BCUT2D eigenvalue weighted by Crippen LogP contribution is 2.25. The third kappa shape index (κ3) is 5.66. The van der Waals surface area contributed by atoms with Crippen molar-refractivity contribution in [3.63, 3.8) is 0 Å². The van der Waals surface area contributed by atoms with E-state index in [0.29, 0.717) is 25.3 Å². The standard InChI is InChI=1S/C22H23N3O3S3/c1-28-18-6-4-17(5-7-18)24-8-10-25(11-9-24)21(27)13-16-14-30-22(23-16)31-15-19(26)20-3-2-12-29-20/h2-7,12,14H,8-11,13,15H2,1H3. The van der Waals surface area contributed by atoms with E-state index in [2.05, 4.69) is 9.88 Å². The number of nitrogens with zero attached hydrogens (tertiary/aromatic N) is 3. The highest BCUT2D eigenvalue weighted by molar-refractivity contribution is 8.01. The number of hydrogen-bond donors (Lipinski definition) is 0. The minimum Gasteiger partial charge on any atom is -0.497 e. The average Bonchev–Trinajstić information content (AvgIpc) is 3.50. The van der Waals surface area contributed by atoms with Crippen molar-refractivity contribution >= 4 is 51.8 Å². The van der Waals surface area contributed by atoms with E-state index in [9.17, 15) is 9.59 Å². The van der Waals surface area contributed by atoms with Gasteiger partial charge < -0.3 is 14.5 Å². The van der Waals surface area contributed by atoms with Crippen LogP contribution in [0.3, 0.4) is 0 Å². The van der Waals surface area contributed by atoms with Gasteiger partial charge in [-0.05, 0) is 35.7 Å². The number of piperazine rings is 1. The molecule has 31 heavy (non-hydrogen) atoms. The van der Waals surface area contributed by atoms with Gasteiger partial charge in [-0.1, -0.05) is 17.8 Å². The Hall–Kier alpha value is -2.36. The quantitative estimate of drug-likeness (QED) is 0.363. The van der Waals surface area contributed by atoms with Crippen LogP contribution in [0.4, 0.5) is 5.69 Å². The maximum absolute atomic E-state index is 12.7. The molecule has 9 heteroatoms. The number of rotatable bonds is 8. The van der Waals surface area contributed by atoms with Crippen LogP contribution < -0.4 is 9.64 Å². The SMILES string of the molecule is COc1ccc(N2CCN(C(=O)Cc3csc(SCC(=O)c4cccs4)n3)CC2)cc1. The number of ketones is 1. The third-order valence-corrected chi connectivity index (χ3v) is 8.04. The highest BCUT2D eigenvalue weighted by atomic mass is 32.2. The fourth-order valence-electron chi connectivity index (χ4n) is 3.35. The number of carbonyl (C=O) groups is 2. The molecule has 3 aromatic rings. The Morgan fingerprint density at radius 3 is 2.55 bits per heavy atom. The number of carbonyl (C=O) groups excluding carboxylic acids is 2. The highest BCUT2D eigenvalue weighted by Gasteiger charge is 2.22. The Morgan fingerprint density at radius 1 is 1.10 bits per heavy atom. The molecular formula is C22H23N3O3S3. The molecule has 0 aliphatic carbocycles. The van der Waals surface area contributed by atoms with Gasteiger partial charge >= 0.3 is 0 Å². The number of thioether (sulfide) groups is 1. The minimum atomic E-state index is 0.103. The number of thiophene rings is 1. The van der Waals surface area contributed by atoms with E-state index in [1.807, 2.05) is 52.1 Å². The first-order valence-corrected chi connectivity index (χ1v) is 12.7. The van der Waals surface area contributed by atoms with E-state index in [0.717, 1.165) is 39.4 Å². The van der Waals surface area contributed by atoms with Crippen LogP contribution in [0.1, 0.15) is 15.4 Å². The summed E-state index contributed by atoms with van der Waals surface area (Å²) in [6.45, 7) is 3.01. The molecule has 4 rings (SSSR count). The van der Waals surface area contributed by atoms with E-state index in [1.54, 1.807) is 7.11 Å². The number of ether oxygens (including phenoxy) is 1. The van der Waals surface area contributed by atoms with Crippen molar-refractivity contribution < 1.29 is 14.3 Å². The molecule has 0 N–H and O–H groups in total. The lowest BCUT2D eigenvalue weighted by Gasteiger charge is -2.36. The van der Waals surface area contributed by atoms with Crippen LogP contribution in [-0.4, -0.2) is 60.6 Å². The van der Waals surface area contributed by atoms with E-state index < -0.39 is 0 Å². The molecule has 1 aromatic carbocycles. The van der Waals surface area contributed by atoms with Crippen LogP contribution in [-0.2, 0) is 11.2 Å². The molecule has 2 aromatic heterocycles. The van der Waals surface area contributed by atoms with Gasteiger partial charge in [0, 0.05) is 37.2 Å². The number of thiazole rings is 1. The van der Waals surface area contributed by atoms with E-state index in [4.69, 9.17) is 4.74 Å². The average molecular weight is 474 g/mol. The zero-order valence-electron chi connectivity index (χ0n) is 17.2. The van der Waals surface area contributed by atoms with Crippen molar-refractivity contribution in [2.24, 2.45) is 0 Å². The summed E-state index contributed by atoms with van der Waals surface area (Å²) in [7, 11) is 1.66. The topological polar surface area (TPSA) is 62.7 Å². The summed E-state index contributed by atoms with van der Waals surface area (Å²) in [4.78, 5) is 34.4. The molecule has 1 amide bonds. The Labute approximate surface area is 193 Å². The van der Waals surface area contributed by atoms with Gasteiger partial charge in [0.25, 0.3) is 0 Å². The lowest BCUT2D eigenvalue weighted by molar-refractivity contribution is -0.130. The normalized spacial score (nSPS) is 14.0. The zero-order chi connectivity index (χ0) is 21.6. The van der Waals surface area contributed by atoms with Crippen molar-refractivity contribution in [2.45, 2.75) is 10.8 Å². The monoisotopic (exact) mass is 473 g/mol. The second kappa shape index (κ2) is 10.3. The predicted octanol–water partition coefficient (Wildman–Crippen LogP) is 4.08. The van der Waals surface area contributed by atoms with E-state index in [-0.39, 0.29) is 11.7 Å². The molecule has 6 nitrogen and oxygen atoms in total. The second-order valence-corrected chi connectivity index (χ2v) is 10.1. The molecule has 0 spiro atoms. The van der Waals surface area contributed by atoms with Crippen molar-refractivity contribution in [2.75, 3.05) is 43.9 Å². The van der Waals surface area contributed by atoms with Crippen LogP contribution in [0.2, 0.25) is 0 Å². The molecular weight excluding hydrogens is 450 g/mol. The Bertz CT molecular complexity index is 1010. The number of anilines is 1. The molecule has 1 aliphatic heterocycles. The number of aromatic nitrogens is 1. The third-order valence-electron chi connectivity index (χ3n) is 5.06. The van der Waals surface area contributed by atoms with Gasteiger partial charge in [0.15, 0.2) is 10.1 Å². The zero-order valence-corrected chi connectivity index (χ0v) is 19.6. The summed E-state index contributed by atoms with van der Waals surface area (Å²) in [6, 6.07) is 11.7. The Balaban J connectivity index is 1.24. The van der Waals surface area contributed by atoms with Crippen LogP contribution >= 0.6 is 34.4 Å². The smallest absolute Gasteiger partial charge is 0.228 e. The number of benzene rings is 1. The number of amides is 1. The van der Waals surface area contributed by atoms with E-state index in [1.165, 1.54) is 34.4 Å². The van der Waals surface area contributed by atoms with Crippen molar-refractivity contribution in [3.8, 4) is 5.75 Å². The number of hydrogen-bond acceptors (Lipinski definition) is 8. The summed E-state index contributed by atoms with van der Waals surface area (Å²) in [6.07, 6.45) is 0.304. The summed E-state index contributed by atoms with van der Waals surface area (Å²) in [5.74, 6) is 1.43. The first-order valence-electron chi connectivity index (χ1n) is 9.93. The summed E-state index contributed by atoms with van der Waals surface area (Å²) >= 11 is 4.38. The molecule has 1 saturated heterocycles. The van der Waals surface area contributed by atoms with Gasteiger partial charge in [-0.2, -0.15) is 0 Å². The predicted molar refractivity (Wildman–Crippen MR) is 127 cm³/mol. The summed E-state index contributed by atoms with van der Waals surface area (Å²) in [5, 5.41) is 3.82. The van der Waals surface area contributed by atoms with Gasteiger partial charge in [0.1, 0.15) is 5.75 Å². The first-order chi connectivity index (χ1) is 15.1. The van der Waals surface area contributed by atoms with Gasteiger partial charge in [0.05, 0.1) is 29.9 Å². The first kappa shape index (κ1) is 21.9. The van der Waals surface area contributed by atoms with Crippen LogP contribution in [0.25, 0.3) is 0 Å². The van der Waals surface area contributed by atoms with Gasteiger partial charge in [-0.25, -0.2) is 4.98 Å². The molecule has 1 fully saturated rings. The maximum atomic E-state index is 12.7. The number of Topliss-reactive ketones (excluding diaryl/α,β-unsaturated/α-hetero) is 1. The van der Waals surface area contributed by atoms with Gasteiger partial charge in [0.2, 0.25) is 5.91 Å². The van der Waals surface area contributed by atoms with Crippen LogP contribution in [0, 0.1) is 0 Å². The summed E-state index contributed by atoms with van der Waals surface area (Å²) in [5.41, 5.74) is 1.92. The Kier molecular flexibility index (Phi) is 7.26. The summed E-state index contributed by atoms with van der Waals surface area (Å²) < 4.78 is 6.04. The van der Waals surface area contributed by atoms with Crippen molar-refractivity contribution in [3.05, 3.63) is 57.7 Å². The maximum Gasteiger partial charge on any atom is 0.228 e. The minimum absolute atomic E-state index is 0.103. The van der Waals surface area contributed by atoms with Gasteiger partial charge in [-0.15, -0.1) is 22.7 Å². The molecule has 0 unspecified atom stereocenters.